The highest BCUT2D eigenvalue weighted by Crippen LogP contribution is 2.19. The van der Waals surface area contributed by atoms with Crippen LogP contribution >= 0.6 is 12.4 Å². The monoisotopic (exact) mass is 438 g/mol. The molecule has 1 aliphatic rings. The van der Waals surface area contributed by atoms with Crippen LogP contribution in [0, 0.1) is 0 Å². The molecule has 2 aromatic carbocycles. The first-order chi connectivity index (χ1) is 13.4. The quantitative estimate of drug-likeness (QED) is 0.601. The van der Waals surface area contributed by atoms with Gasteiger partial charge in [0.2, 0.25) is 10.0 Å². The number of hydrogen-bond donors (Lipinski definition) is 1. The smallest absolute Gasteiger partial charge is 0.240 e. The number of halogens is 1. The van der Waals surface area contributed by atoms with Crippen molar-refractivity contribution in [3.05, 3.63) is 59.7 Å². The highest BCUT2D eigenvalue weighted by atomic mass is 35.5. The van der Waals surface area contributed by atoms with E-state index in [1.165, 1.54) is 11.1 Å². The van der Waals surface area contributed by atoms with Crippen molar-refractivity contribution < 1.29 is 13.2 Å². The second kappa shape index (κ2) is 11.0. The molecule has 0 aromatic heterocycles. The molecule has 0 unspecified atom stereocenters. The van der Waals surface area contributed by atoms with Gasteiger partial charge in [-0.15, -0.1) is 12.4 Å². The Balaban J connectivity index is 0.00000300. The van der Waals surface area contributed by atoms with Crippen molar-refractivity contribution in [1.82, 2.24) is 9.62 Å². The fraction of sp³-hybridized carbons (Fsp3) is 0.455. The maximum atomic E-state index is 12.4. The lowest BCUT2D eigenvalue weighted by Gasteiger charge is -2.28. The second-order valence-corrected chi connectivity index (χ2v) is 9.30. The number of hydrogen-bond acceptors (Lipinski definition) is 4. The van der Waals surface area contributed by atoms with Gasteiger partial charge in [-0.25, -0.2) is 13.1 Å². The Labute approximate surface area is 180 Å². The van der Waals surface area contributed by atoms with E-state index >= 15 is 0 Å². The number of nitrogens with zero attached hydrogens (tertiary/aromatic N) is 1. The summed E-state index contributed by atoms with van der Waals surface area (Å²) in [5.74, 6) is 0.678. The molecule has 5 nitrogen and oxygen atoms in total. The number of fused-ring (bicyclic) bond motifs is 1. The maximum absolute atomic E-state index is 12.4. The van der Waals surface area contributed by atoms with Gasteiger partial charge < -0.3 is 4.74 Å². The van der Waals surface area contributed by atoms with E-state index in [4.69, 9.17) is 4.74 Å². The highest BCUT2D eigenvalue weighted by Gasteiger charge is 2.16. The largest absolute Gasteiger partial charge is 0.491 e. The lowest BCUT2D eigenvalue weighted by atomic mass is 10.00. The van der Waals surface area contributed by atoms with Crippen molar-refractivity contribution in [2.24, 2.45) is 0 Å². The van der Waals surface area contributed by atoms with Crippen LogP contribution in [0.1, 0.15) is 37.8 Å². The van der Waals surface area contributed by atoms with Crippen LogP contribution in [0.5, 0.6) is 5.75 Å². The minimum absolute atomic E-state index is 0. The van der Waals surface area contributed by atoms with E-state index in [1.807, 2.05) is 13.8 Å². The van der Waals surface area contributed by atoms with Gasteiger partial charge in [-0.3, -0.25) is 4.90 Å². The number of unbranched alkanes of at least 4 members (excludes halogenated alkanes) is 1. The van der Waals surface area contributed by atoms with Gasteiger partial charge in [0, 0.05) is 19.6 Å². The molecule has 1 heterocycles. The van der Waals surface area contributed by atoms with Crippen LogP contribution in [-0.2, 0) is 23.0 Å². The third-order valence-electron chi connectivity index (χ3n) is 4.91. The van der Waals surface area contributed by atoms with Crippen LogP contribution in [0.15, 0.2) is 53.4 Å². The molecule has 2 aromatic rings. The van der Waals surface area contributed by atoms with Crippen LogP contribution in [-0.4, -0.2) is 39.1 Å². The minimum Gasteiger partial charge on any atom is -0.491 e. The van der Waals surface area contributed by atoms with Gasteiger partial charge in [0.25, 0.3) is 0 Å². The van der Waals surface area contributed by atoms with E-state index in [9.17, 15) is 8.42 Å². The summed E-state index contributed by atoms with van der Waals surface area (Å²) in [4.78, 5) is 2.72. The number of ether oxygens (including phenoxy) is 1. The summed E-state index contributed by atoms with van der Waals surface area (Å²) in [6, 6.07) is 15.2. The summed E-state index contributed by atoms with van der Waals surface area (Å²) >= 11 is 0. The van der Waals surface area contributed by atoms with Crippen molar-refractivity contribution in [1.29, 1.82) is 0 Å². The first-order valence-corrected chi connectivity index (χ1v) is 11.5. The maximum Gasteiger partial charge on any atom is 0.240 e. The Morgan fingerprint density at radius 3 is 2.41 bits per heavy atom. The Bertz CT molecular complexity index is 870. The van der Waals surface area contributed by atoms with Gasteiger partial charge >= 0.3 is 0 Å². The van der Waals surface area contributed by atoms with E-state index in [0.717, 1.165) is 38.9 Å². The lowest BCUT2D eigenvalue weighted by Crippen LogP contribution is -2.32. The molecule has 0 radical (unpaired) electrons. The average Bonchev–Trinajstić information content (AvgIpc) is 2.67. The number of benzene rings is 2. The number of rotatable bonds is 9. The molecule has 0 spiro atoms. The van der Waals surface area contributed by atoms with Crippen LogP contribution in [0.4, 0.5) is 0 Å². The van der Waals surface area contributed by atoms with Gasteiger partial charge in [-0.1, -0.05) is 24.3 Å². The number of sulfonamides is 1. The molecule has 29 heavy (non-hydrogen) atoms. The van der Waals surface area contributed by atoms with Crippen molar-refractivity contribution >= 4 is 22.4 Å². The van der Waals surface area contributed by atoms with Crippen molar-refractivity contribution in [3.8, 4) is 5.75 Å². The zero-order chi connectivity index (χ0) is 20.0. The molecule has 0 amide bonds. The van der Waals surface area contributed by atoms with Gasteiger partial charge in [0.1, 0.15) is 5.75 Å². The van der Waals surface area contributed by atoms with Gasteiger partial charge in [-0.2, -0.15) is 0 Å². The average molecular weight is 439 g/mol. The zero-order valence-electron chi connectivity index (χ0n) is 17.1. The molecule has 0 aliphatic carbocycles. The summed E-state index contributed by atoms with van der Waals surface area (Å²) in [5.41, 5.74) is 2.87. The molecule has 0 saturated heterocycles. The molecular formula is C22H31ClN2O3S. The van der Waals surface area contributed by atoms with Gasteiger partial charge in [0.05, 0.1) is 11.0 Å². The third-order valence-corrected chi connectivity index (χ3v) is 6.39. The van der Waals surface area contributed by atoms with Crippen LogP contribution < -0.4 is 9.46 Å². The van der Waals surface area contributed by atoms with Crippen molar-refractivity contribution in [2.45, 2.75) is 50.7 Å². The van der Waals surface area contributed by atoms with E-state index < -0.39 is 10.0 Å². The number of nitrogens with one attached hydrogen (secondary N) is 1. The molecule has 0 bridgehead atoms. The minimum atomic E-state index is -3.47. The lowest BCUT2D eigenvalue weighted by molar-refractivity contribution is 0.242. The fourth-order valence-electron chi connectivity index (χ4n) is 3.46. The van der Waals surface area contributed by atoms with Crippen molar-refractivity contribution in [2.75, 3.05) is 19.6 Å². The summed E-state index contributed by atoms with van der Waals surface area (Å²) in [6.45, 7) is 7.40. The fourth-order valence-corrected chi connectivity index (χ4v) is 4.54. The Morgan fingerprint density at radius 2 is 1.72 bits per heavy atom. The van der Waals surface area contributed by atoms with E-state index in [1.54, 1.807) is 24.3 Å². The second-order valence-electron chi connectivity index (χ2n) is 7.54. The summed E-state index contributed by atoms with van der Waals surface area (Å²) in [7, 11) is -3.47. The van der Waals surface area contributed by atoms with Gasteiger partial charge in [-0.05, 0) is 75.0 Å². The molecule has 1 aliphatic heterocycles. The molecule has 3 rings (SSSR count). The normalized spacial score (nSPS) is 14.3. The molecule has 160 valence electrons. The molecule has 0 saturated carbocycles. The molecule has 0 atom stereocenters. The molecule has 1 N–H and O–H groups in total. The van der Waals surface area contributed by atoms with Crippen molar-refractivity contribution in [3.63, 3.8) is 0 Å². The summed E-state index contributed by atoms with van der Waals surface area (Å²) < 4.78 is 33.1. The third kappa shape index (κ3) is 7.00. The SMILES string of the molecule is CC(C)Oc1ccc(S(=O)(=O)NCCCCN2CCc3ccccc3C2)cc1.Cl. The molecule has 7 heteroatoms. The Hall–Kier alpha value is -1.60. The Morgan fingerprint density at radius 1 is 1.03 bits per heavy atom. The predicted molar refractivity (Wildman–Crippen MR) is 119 cm³/mol. The van der Waals surface area contributed by atoms with Gasteiger partial charge in [0.15, 0.2) is 0 Å². The molecule has 0 fully saturated rings. The highest BCUT2D eigenvalue weighted by molar-refractivity contribution is 7.89. The van der Waals surface area contributed by atoms with E-state index in [0.29, 0.717) is 12.3 Å². The molecular weight excluding hydrogens is 408 g/mol. The Kier molecular flexibility index (Phi) is 8.96. The van der Waals surface area contributed by atoms with E-state index in [2.05, 4.69) is 33.9 Å². The first kappa shape index (κ1) is 23.7. The first-order valence-electron chi connectivity index (χ1n) is 9.99. The summed E-state index contributed by atoms with van der Waals surface area (Å²) in [5, 5.41) is 0. The van der Waals surface area contributed by atoms with Crippen LogP contribution in [0.2, 0.25) is 0 Å². The topological polar surface area (TPSA) is 58.6 Å². The van der Waals surface area contributed by atoms with E-state index in [-0.39, 0.29) is 23.4 Å². The van der Waals surface area contributed by atoms with Crippen LogP contribution in [0.3, 0.4) is 0 Å². The predicted octanol–water partition coefficient (Wildman–Crippen LogP) is 4.01. The standard InChI is InChI=1S/C22H30N2O3S.ClH/c1-18(2)27-21-9-11-22(12-10-21)28(25,26)23-14-5-6-15-24-16-13-19-7-3-4-8-20(19)17-24;/h3-4,7-12,18,23H,5-6,13-17H2,1-2H3;1H. The summed E-state index contributed by atoms with van der Waals surface area (Å²) in [6.07, 6.45) is 2.96. The van der Waals surface area contributed by atoms with Crippen LogP contribution in [0.25, 0.3) is 0 Å². The zero-order valence-corrected chi connectivity index (χ0v) is 18.8.